The Labute approximate surface area is 127 Å². The lowest BCUT2D eigenvalue weighted by Crippen LogP contribution is -2.41. The van der Waals surface area contributed by atoms with Gasteiger partial charge in [0.05, 0.1) is 19.3 Å². The number of hydrogen-bond donors (Lipinski definition) is 4. The first kappa shape index (κ1) is 16.3. The monoisotopic (exact) mass is 312 g/mol. The number of anilines is 1. The summed E-state index contributed by atoms with van der Waals surface area (Å²) in [4.78, 5) is 4.32. The molecule has 1 aromatic rings. The average Bonchev–Trinajstić information content (AvgIpc) is 2.92. The molecular weight excluding hydrogens is 292 g/mol. The zero-order valence-corrected chi connectivity index (χ0v) is 12.5. The number of ether oxygens (including phenoxy) is 1. The van der Waals surface area contributed by atoms with Crippen molar-refractivity contribution in [3.8, 4) is 0 Å². The number of aliphatic hydroxyl groups excluding tert-OH is 3. The molecule has 4 atom stereocenters. The standard InChI is InChI=1S/C14H20N2O4S/c1-9(18)13(19)11(8-17)20-12-7-15-14(21-12)16-10-5-3-2-4-6-10/h2-6,9,11-13,17-19H,7-8H2,1H3,(H,15,16)/t9-,11-,12?,13+/m1/s1. The summed E-state index contributed by atoms with van der Waals surface area (Å²) in [6.07, 6.45) is -2.91. The fraction of sp³-hybridized carbons (Fsp3) is 0.500. The molecule has 0 aliphatic carbocycles. The molecule has 0 radical (unpaired) electrons. The molecule has 21 heavy (non-hydrogen) atoms. The Hall–Kier alpha value is -1.12. The van der Waals surface area contributed by atoms with Crippen LogP contribution in [-0.2, 0) is 4.74 Å². The van der Waals surface area contributed by atoms with Gasteiger partial charge in [-0.05, 0) is 19.1 Å². The highest BCUT2D eigenvalue weighted by molar-refractivity contribution is 8.14. The van der Waals surface area contributed by atoms with Crippen molar-refractivity contribution in [3.63, 3.8) is 0 Å². The van der Waals surface area contributed by atoms with Gasteiger partial charge in [-0.3, -0.25) is 4.99 Å². The molecule has 1 heterocycles. The van der Waals surface area contributed by atoms with Crippen LogP contribution in [0.1, 0.15) is 6.92 Å². The van der Waals surface area contributed by atoms with E-state index in [1.54, 1.807) is 0 Å². The Bertz CT molecular complexity index is 469. The molecule has 1 unspecified atom stereocenters. The number of hydrogen-bond acceptors (Lipinski definition) is 7. The van der Waals surface area contributed by atoms with Crippen molar-refractivity contribution < 1.29 is 20.1 Å². The number of amidine groups is 1. The number of benzene rings is 1. The van der Waals surface area contributed by atoms with Gasteiger partial charge in [-0.1, -0.05) is 30.0 Å². The van der Waals surface area contributed by atoms with Gasteiger partial charge in [0.2, 0.25) is 0 Å². The topological polar surface area (TPSA) is 94.3 Å². The minimum absolute atomic E-state index is 0.290. The summed E-state index contributed by atoms with van der Waals surface area (Å²) in [6, 6.07) is 9.66. The van der Waals surface area contributed by atoms with Gasteiger partial charge >= 0.3 is 0 Å². The van der Waals surface area contributed by atoms with E-state index >= 15 is 0 Å². The molecule has 1 aromatic carbocycles. The molecule has 2 rings (SSSR count). The molecule has 7 heteroatoms. The summed E-state index contributed by atoms with van der Waals surface area (Å²) in [5, 5.41) is 32.3. The number of nitrogens with one attached hydrogen (secondary N) is 1. The van der Waals surface area contributed by atoms with Crippen LogP contribution in [0, 0.1) is 0 Å². The summed E-state index contributed by atoms with van der Waals surface area (Å²) in [5.41, 5.74) is 0.647. The molecule has 0 aromatic heterocycles. The predicted octanol–water partition coefficient (Wildman–Crippen LogP) is 0.647. The van der Waals surface area contributed by atoms with Crippen LogP contribution in [0.2, 0.25) is 0 Å². The van der Waals surface area contributed by atoms with Crippen LogP contribution < -0.4 is 5.32 Å². The van der Waals surface area contributed by atoms with E-state index in [0.29, 0.717) is 6.54 Å². The van der Waals surface area contributed by atoms with Gasteiger partial charge < -0.3 is 25.4 Å². The summed E-state index contributed by atoms with van der Waals surface area (Å²) in [7, 11) is 0. The third-order valence-corrected chi connectivity index (χ3v) is 4.01. The van der Waals surface area contributed by atoms with Gasteiger partial charge in [0.1, 0.15) is 17.6 Å². The van der Waals surface area contributed by atoms with Gasteiger partial charge in [0.15, 0.2) is 5.17 Å². The fourth-order valence-electron chi connectivity index (χ4n) is 1.88. The van der Waals surface area contributed by atoms with Crippen molar-refractivity contribution in [3.05, 3.63) is 30.3 Å². The minimum Gasteiger partial charge on any atom is -0.394 e. The highest BCUT2D eigenvalue weighted by Crippen LogP contribution is 2.25. The summed E-state index contributed by atoms with van der Waals surface area (Å²) in [5.74, 6) is 0. The van der Waals surface area contributed by atoms with E-state index < -0.39 is 18.3 Å². The number of para-hydroxylation sites is 1. The molecule has 116 valence electrons. The van der Waals surface area contributed by atoms with E-state index in [1.807, 2.05) is 30.3 Å². The Morgan fingerprint density at radius 1 is 1.38 bits per heavy atom. The lowest BCUT2D eigenvalue weighted by atomic mass is 10.1. The summed E-state index contributed by atoms with van der Waals surface area (Å²) >= 11 is 1.39. The zero-order valence-electron chi connectivity index (χ0n) is 11.7. The fourth-order valence-corrected chi connectivity index (χ4v) is 2.80. The molecule has 6 nitrogen and oxygen atoms in total. The number of rotatable bonds is 6. The Balaban J connectivity index is 1.83. The molecule has 1 aliphatic heterocycles. The predicted molar refractivity (Wildman–Crippen MR) is 83.4 cm³/mol. The molecule has 0 bridgehead atoms. The van der Waals surface area contributed by atoms with E-state index in [0.717, 1.165) is 10.9 Å². The maximum absolute atomic E-state index is 9.75. The molecule has 1 aliphatic rings. The minimum atomic E-state index is -1.12. The molecule has 0 amide bonds. The number of thioether (sulfide) groups is 1. The quantitative estimate of drug-likeness (QED) is 0.616. The Morgan fingerprint density at radius 2 is 2.10 bits per heavy atom. The molecule has 0 fully saturated rings. The Kier molecular flexibility index (Phi) is 6.01. The molecule has 0 saturated carbocycles. The highest BCUT2D eigenvalue weighted by atomic mass is 32.2. The van der Waals surface area contributed by atoms with Gasteiger partial charge in [-0.25, -0.2) is 0 Å². The second-order valence-electron chi connectivity index (χ2n) is 4.77. The maximum atomic E-state index is 9.75. The summed E-state index contributed by atoms with van der Waals surface area (Å²) < 4.78 is 5.60. The van der Waals surface area contributed by atoms with E-state index in [-0.39, 0.29) is 12.0 Å². The largest absolute Gasteiger partial charge is 0.394 e. The van der Waals surface area contributed by atoms with Crippen molar-refractivity contribution in [2.75, 3.05) is 18.5 Å². The first-order valence-corrected chi connectivity index (χ1v) is 7.63. The van der Waals surface area contributed by atoms with E-state index in [1.165, 1.54) is 18.7 Å². The van der Waals surface area contributed by atoms with Crippen molar-refractivity contribution in [1.82, 2.24) is 0 Å². The van der Waals surface area contributed by atoms with Crippen molar-refractivity contribution >= 4 is 22.6 Å². The van der Waals surface area contributed by atoms with Gasteiger partial charge in [-0.2, -0.15) is 0 Å². The first-order chi connectivity index (χ1) is 10.1. The average molecular weight is 312 g/mol. The third kappa shape index (κ3) is 4.69. The smallest absolute Gasteiger partial charge is 0.163 e. The lowest BCUT2D eigenvalue weighted by molar-refractivity contribution is -0.107. The summed E-state index contributed by atoms with van der Waals surface area (Å²) in [6.45, 7) is 1.53. The van der Waals surface area contributed by atoms with Crippen LogP contribution in [0.4, 0.5) is 5.69 Å². The third-order valence-electron chi connectivity index (χ3n) is 3.03. The SMILES string of the molecule is C[C@@H](O)[C@H](O)[C@@H](CO)OC1CN=C(Nc2ccccc2)S1. The number of aliphatic imine (C=N–C) groups is 1. The van der Waals surface area contributed by atoms with Crippen molar-refractivity contribution in [1.29, 1.82) is 0 Å². The van der Waals surface area contributed by atoms with Crippen LogP contribution in [0.3, 0.4) is 0 Å². The van der Waals surface area contributed by atoms with E-state index in [2.05, 4.69) is 10.3 Å². The van der Waals surface area contributed by atoms with Gasteiger partial charge in [-0.15, -0.1) is 0 Å². The molecular formula is C14H20N2O4S. The normalized spacial score (nSPS) is 22.5. The lowest BCUT2D eigenvalue weighted by Gasteiger charge is -2.25. The first-order valence-electron chi connectivity index (χ1n) is 6.75. The van der Waals surface area contributed by atoms with Crippen molar-refractivity contribution in [2.24, 2.45) is 4.99 Å². The highest BCUT2D eigenvalue weighted by Gasteiger charge is 2.29. The zero-order chi connectivity index (χ0) is 15.2. The van der Waals surface area contributed by atoms with Crippen LogP contribution in [0.5, 0.6) is 0 Å². The van der Waals surface area contributed by atoms with Gasteiger partial charge in [0.25, 0.3) is 0 Å². The number of nitrogens with zero attached hydrogens (tertiary/aromatic N) is 1. The van der Waals surface area contributed by atoms with Crippen LogP contribution >= 0.6 is 11.8 Å². The molecule has 0 spiro atoms. The van der Waals surface area contributed by atoms with Crippen molar-refractivity contribution in [2.45, 2.75) is 30.7 Å². The maximum Gasteiger partial charge on any atom is 0.163 e. The number of aliphatic hydroxyl groups is 3. The molecule has 4 N–H and O–H groups in total. The van der Waals surface area contributed by atoms with Crippen LogP contribution in [0.25, 0.3) is 0 Å². The van der Waals surface area contributed by atoms with Crippen LogP contribution in [0.15, 0.2) is 35.3 Å². The second-order valence-corrected chi connectivity index (χ2v) is 5.92. The van der Waals surface area contributed by atoms with Crippen LogP contribution in [-0.4, -0.2) is 57.4 Å². The van der Waals surface area contributed by atoms with E-state index in [4.69, 9.17) is 4.74 Å². The second kappa shape index (κ2) is 7.77. The van der Waals surface area contributed by atoms with E-state index in [9.17, 15) is 15.3 Å². The Morgan fingerprint density at radius 3 is 2.71 bits per heavy atom. The molecule has 0 saturated heterocycles. The van der Waals surface area contributed by atoms with Gasteiger partial charge in [0, 0.05) is 5.69 Å².